The van der Waals surface area contributed by atoms with Crippen LogP contribution in [0.25, 0.3) is 0 Å². The Balaban J connectivity index is 2.13. The maximum absolute atomic E-state index is 12.5. The predicted octanol–water partition coefficient (Wildman–Crippen LogP) is 3.77. The average Bonchev–Trinajstić information content (AvgIpc) is 2.49. The van der Waals surface area contributed by atoms with Crippen LogP contribution in [-0.2, 0) is 11.2 Å². The fraction of sp³-hybridized carbons (Fsp3) is 0.316. The summed E-state index contributed by atoms with van der Waals surface area (Å²) in [6.07, 6.45) is 0.396. The van der Waals surface area contributed by atoms with Gasteiger partial charge in [0, 0.05) is 7.05 Å². The van der Waals surface area contributed by atoms with E-state index in [1.165, 1.54) is 0 Å². The third-order valence-electron chi connectivity index (χ3n) is 4.17. The minimum Gasteiger partial charge on any atom is -0.508 e. The molecule has 0 aromatic heterocycles. The van der Waals surface area contributed by atoms with E-state index in [-0.39, 0.29) is 17.7 Å². The van der Waals surface area contributed by atoms with Crippen molar-refractivity contribution in [2.45, 2.75) is 33.2 Å². The molecule has 0 spiro atoms. The number of likely N-dealkylation sites (N-methyl/N-ethyl adjacent to an activating group) is 1. The average molecular weight is 297 g/mol. The topological polar surface area (TPSA) is 40.5 Å². The molecule has 3 heteroatoms. The maximum atomic E-state index is 12.5. The van der Waals surface area contributed by atoms with Crippen LogP contribution in [0.2, 0.25) is 0 Å². The summed E-state index contributed by atoms with van der Waals surface area (Å²) in [5.74, 6) is 0.296. The lowest BCUT2D eigenvalue weighted by Gasteiger charge is -2.26. The molecule has 0 aliphatic carbocycles. The number of aryl methyl sites for hydroxylation is 2. The summed E-state index contributed by atoms with van der Waals surface area (Å²) in [6.45, 7) is 6.03. The Kier molecular flexibility index (Phi) is 4.86. The SMILES string of the molecule is Cc1ccc(C)c(CC(=O)N(C)C(C)c2cccc(O)c2)c1. The number of phenolic OH excluding ortho intramolecular Hbond substituents is 1. The molecular formula is C19H23NO2. The van der Waals surface area contributed by atoms with Crippen molar-refractivity contribution in [3.8, 4) is 5.75 Å². The Morgan fingerprint density at radius 1 is 1.18 bits per heavy atom. The van der Waals surface area contributed by atoms with E-state index in [0.717, 1.165) is 22.3 Å². The standard InChI is InChI=1S/C19H23NO2/c1-13-8-9-14(2)17(10-13)12-19(22)20(4)15(3)16-6-5-7-18(21)11-16/h5-11,15,21H,12H2,1-4H3. The van der Waals surface area contributed by atoms with Crippen molar-refractivity contribution in [3.63, 3.8) is 0 Å². The van der Waals surface area contributed by atoms with E-state index in [1.54, 1.807) is 23.1 Å². The van der Waals surface area contributed by atoms with Crippen molar-refractivity contribution in [1.82, 2.24) is 4.90 Å². The van der Waals surface area contributed by atoms with E-state index in [4.69, 9.17) is 0 Å². The zero-order valence-corrected chi connectivity index (χ0v) is 13.6. The first-order chi connectivity index (χ1) is 10.4. The fourth-order valence-corrected chi connectivity index (χ4v) is 2.50. The van der Waals surface area contributed by atoms with E-state index in [2.05, 4.69) is 18.2 Å². The van der Waals surface area contributed by atoms with E-state index in [0.29, 0.717) is 6.42 Å². The molecule has 1 N–H and O–H groups in total. The molecule has 2 aromatic carbocycles. The number of rotatable bonds is 4. The number of carbonyl (C=O) groups excluding carboxylic acids is 1. The Morgan fingerprint density at radius 3 is 2.59 bits per heavy atom. The summed E-state index contributed by atoms with van der Waals surface area (Å²) in [7, 11) is 1.81. The van der Waals surface area contributed by atoms with Crippen molar-refractivity contribution < 1.29 is 9.90 Å². The van der Waals surface area contributed by atoms with Gasteiger partial charge < -0.3 is 10.0 Å². The van der Waals surface area contributed by atoms with Gasteiger partial charge in [0.1, 0.15) is 5.75 Å². The third-order valence-corrected chi connectivity index (χ3v) is 4.17. The lowest BCUT2D eigenvalue weighted by Crippen LogP contribution is -2.31. The van der Waals surface area contributed by atoms with Crippen molar-refractivity contribution in [1.29, 1.82) is 0 Å². The summed E-state index contributed by atoms with van der Waals surface area (Å²) in [4.78, 5) is 14.3. The van der Waals surface area contributed by atoms with Gasteiger partial charge in [-0.2, -0.15) is 0 Å². The molecule has 0 radical (unpaired) electrons. The molecule has 0 bridgehead atoms. The van der Waals surface area contributed by atoms with E-state index in [1.807, 2.05) is 33.9 Å². The molecule has 1 amide bonds. The molecule has 0 fully saturated rings. The summed E-state index contributed by atoms with van der Waals surface area (Å²) >= 11 is 0. The van der Waals surface area contributed by atoms with Crippen LogP contribution in [0, 0.1) is 13.8 Å². The molecule has 116 valence electrons. The lowest BCUT2D eigenvalue weighted by molar-refractivity contribution is -0.131. The van der Waals surface area contributed by atoms with Gasteiger partial charge in [0.05, 0.1) is 12.5 Å². The number of hydrogen-bond donors (Lipinski definition) is 1. The minimum atomic E-state index is -0.0790. The largest absolute Gasteiger partial charge is 0.508 e. The van der Waals surface area contributed by atoms with E-state index >= 15 is 0 Å². The van der Waals surface area contributed by atoms with E-state index in [9.17, 15) is 9.90 Å². The number of carbonyl (C=O) groups is 1. The number of nitrogens with zero attached hydrogens (tertiary/aromatic N) is 1. The number of benzene rings is 2. The Bertz CT molecular complexity index is 679. The van der Waals surface area contributed by atoms with Gasteiger partial charge >= 0.3 is 0 Å². The molecule has 0 saturated carbocycles. The third kappa shape index (κ3) is 3.67. The molecule has 22 heavy (non-hydrogen) atoms. The number of phenols is 1. The highest BCUT2D eigenvalue weighted by Gasteiger charge is 2.18. The second-order valence-electron chi connectivity index (χ2n) is 5.88. The number of hydrogen-bond acceptors (Lipinski definition) is 2. The van der Waals surface area contributed by atoms with Crippen molar-refractivity contribution in [2.75, 3.05) is 7.05 Å². The van der Waals surface area contributed by atoms with Gasteiger partial charge in [-0.3, -0.25) is 4.79 Å². The second-order valence-corrected chi connectivity index (χ2v) is 5.88. The molecule has 1 atom stereocenters. The molecule has 2 aromatic rings. The van der Waals surface area contributed by atoms with Crippen LogP contribution < -0.4 is 0 Å². The second kappa shape index (κ2) is 6.65. The molecule has 0 heterocycles. The first-order valence-electron chi connectivity index (χ1n) is 7.49. The predicted molar refractivity (Wildman–Crippen MR) is 88.9 cm³/mol. The number of amides is 1. The molecule has 0 aliphatic heterocycles. The zero-order valence-electron chi connectivity index (χ0n) is 13.6. The quantitative estimate of drug-likeness (QED) is 0.933. The smallest absolute Gasteiger partial charge is 0.227 e. The summed E-state index contributed by atoms with van der Waals surface area (Å²) in [5.41, 5.74) is 4.30. The Morgan fingerprint density at radius 2 is 1.91 bits per heavy atom. The normalized spacial score (nSPS) is 12.0. The highest BCUT2D eigenvalue weighted by Crippen LogP contribution is 2.23. The Hall–Kier alpha value is -2.29. The van der Waals surface area contributed by atoms with Crippen LogP contribution >= 0.6 is 0 Å². The van der Waals surface area contributed by atoms with Gasteiger partial charge in [0.2, 0.25) is 5.91 Å². The summed E-state index contributed by atoms with van der Waals surface area (Å²) in [5, 5.41) is 9.58. The highest BCUT2D eigenvalue weighted by atomic mass is 16.3. The lowest BCUT2D eigenvalue weighted by atomic mass is 10.0. The van der Waals surface area contributed by atoms with Gasteiger partial charge in [0.25, 0.3) is 0 Å². The molecule has 0 aliphatic rings. The van der Waals surface area contributed by atoms with Crippen molar-refractivity contribution in [3.05, 3.63) is 64.7 Å². The van der Waals surface area contributed by atoms with Crippen LogP contribution in [0.3, 0.4) is 0 Å². The van der Waals surface area contributed by atoms with Gasteiger partial charge in [-0.25, -0.2) is 0 Å². The first kappa shape index (κ1) is 16.1. The molecule has 1 unspecified atom stereocenters. The van der Waals surface area contributed by atoms with Gasteiger partial charge in [0.15, 0.2) is 0 Å². The monoisotopic (exact) mass is 297 g/mol. The highest BCUT2D eigenvalue weighted by molar-refractivity contribution is 5.79. The summed E-state index contributed by atoms with van der Waals surface area (Å²) in [6, 6.07) is 13.2. The first-order valence-corrected chi connectivity index (χ1v) is 7.49. The van der Waals surface area contributed by atoms with Crippen LogP contribution in [0.15, 0.2) is 42.5 Å². The molecule has 3 nitrogen and oxygen atoms in total. The number of aromatic hydroxyl groups is 1. The zero-order chi connectivity index (χ0) is 16.3. The van der Waals surface area contributed by atoms with Crippen LogP contribution in [0.5, 0.6) is 5.75 Å². The van der Waals surface area contributed by atoms with Crippen molar-refractivity contribution in [2.24, 2.45) is 0 Å². The summed E-state index contributed by atoms with van der Waals surface area (Å²) < 4.78 is 0. The van der Waals surface area contributed by atoms with Crippen LogP contribution in [-0.4, -0.2) is 23.0 Å². The van der Waals surface area contributed by atoms with Crippen molar-refractivity contribution >= 4 is 5.91 Å². The maximum Gasteiger partial charge on any atom is 0.227 e. The van der Waals surface area contributed by atoms with E-state index < -0.39 is 0 Å². The molecule has 0 saturated heterocycles. The molecular weight excluding hydrogens is 274 g/mol. The Labute approximate surface area is 132 Å². The van der Waals surface area contributed by atoms with Crippen LogP contribution in [0.1, 0.15) is 35.2 Å². The minimum absolute atomic E-state index is 0.0737. The van der Waals surface area contributed by atoms with Gasteiger partial charge in [-0.15, -0.1) is 0 Å². The fourth-order valence-electron chi connectivity index (χ4n) is 2.50. The van der Waals surface area contributed by atoms with Crippen LogP contribution in [0.4, 0.5) is 0 Å². The van der Waals surface area contributed by atoms with Gasteiger partial charge in [-0.1, -0.05) is 35.9 Å². The van der Waals surface area contributed by atoms with Gasteiger partial charge in [-0.05, 0) is 49.6 Å². The molecule has 2 rings (SSSR count).